The molecule has 0 aliphatic carbocycles. The standard InChI is InChI=1S/C17H24Cl2N4O2/c1-17(6-3-9-25-17)11-23-16(20-2)22-8-7-21-15(24)12-4-5-13(18)14(19)10-12/h4-5,10H,3,6-9,11H2,1-2H3,(H,21,24)(H2,20,22,23). The SMILES string of the molecule is CN=C(NCCNC(=O)c1ccc(Cl)c(Cl)c1)NCC1(C)CCCO1. The molecule has 0 spiro atoms. The maximum Gasteiger partial charge on any atom is 0.251 e. The van der Waals surface area contributed by atoms with Crippen molar-refractivity contribution in [2.45, 2.75) is 25.4 Å². The quantitative estimate of drug-likeness (QED) is 0.398. The molecule has 1 saturated heterocycles. The molecule has 3 N–H and O–H groups in total. The number of carbonyl (C=O) groups is 1. The van der Waals surface area contributed by atoms with Gasteiger partial charge in [-0.15, -0.1) is 0 Å². The lowest BCUT2D eigenvalue weighted by molar-refractivity contribution is 0.0243. The van der Waals surface area contributed by atoms with Gasteiger partial charge < -0.3 is 20.7 Å². The molecule has 0 saturated carbocycles. The van der Waals surface area contributed by atoms with Crippen LogP contribution in [-0.4, -0.2) is 50.8 Å². The van der Waals surface area contributed by atoms with E-state index in [0.29, 0.717) is 41.2 Å². The summed E-state index contributed by atoms with van der Waals surface area (Å²) >= 11 is 11.8. The minimum absolute atomic E-state index is 0.139. The molecule has 25 heavy (non-hydrogen) atoms. The van der Waals surface area contributed by atoms with E-state index in [1.165, 1.54) is 0 Å². The van der Waals surface area contributed by atoms with Crippen LogP contribution < -0.4 is 16.0 Å². The number of ether oxygens (including phenoxy) is 1. The van der Waals surface area contributed by atoms with Gasteiger partial charge in [0, 0.05) is 38.9 Å². The van der Waals surface area contributed by atoms with Gasteiger partial charge in [0.1, 0.15) is 0 Å². The Morgan fingerprint density at radius 3 is 2.64 bits per heavy atom. The van der Waals surface area contributed by atoms with E-state index in [9.17, 15) is 4.79 Å². The lowest BCUT2D eigenvalue weighted by Gasteiger charge is -2.24. The van der Waals surface area contributed by atoms with Gasteiger partial charge in [0.15, 0.2) is 5.96 Å². The third-order valence-corrected chi connectivity index (χ3v) is 4.78. The topological polar surface area (TPSA) is 74.8 Å². The first kappa shape index (κ1) is 19.8. The molecule has 1 unspecified atom stereocenters. The molecule has 1 aliphatic rings. The summed E-state index contributed by atoms with van der Waals surface area (Å²) in [6.45, 7) is 4.60. The zero-order valence-electron chi connectivity index (χ0n) is 14.5. The highest BCUT2D eigenvalue weighted by Crippen LogP contribution is 2.24. The van der Waals surface area contributed by atoms with Crippen molar-refractivity contribution in [1.82, 2.24) is 16.0 Å². The molecule has 1 amide bonds. The van der Waals surface area contributed by atoms with E-state index in [4.69, 9.17) is 27.9 Å². The summed E-state index contributed by atoms with van der Waals surface area (Å²) in [6, 6.07) is 4.80. The van der Waals surface area contributed by atoms with E-state index >= 15 is 0 Å². The number of nitrogens with zero attached hydrogens (tertiary/aromatic N) is 1. The van der Waals surface area contributed by atoms with Crippen LogP contribution in [0.15, 0.2) is 23.2 Å². The molecule has 2 rings (SSSR count). The summed E-state index contributed by atoms with van der Waals surface area (Å²) in [4.78, 5) is 16.2. The average molecular weight is 387 g/mol. The summed E-state index contributed by atoms with van der Waals surface area (Å²) in [5.74, 6) is 0.482. The van der Waals surface area contributed by atoms with Crippen molar-refractivity contribution in [3.63, 3.8) is 0 Å². The zero-order chi connectivity index (χ0) is 18.3. The third kappa shape index (κ3) is 6.06. The van der Waals surface area contributed by atoms with E-state index in [1.54, 1.807) is 25.2 Å². The fraction of sp³-hybridized carbons (Fsp3) is 0.529. The summed E-state index contributed by atoms with van der Waals surface area (Å²) in [7, 11) is 1.71. The fourth-order valence-electron chi connectivity index (χ4n) is 2.56. The number of aliphatic imine (C=N–C) groups is 1. The first-order valence-corrected chi connectivity index (χ1v) is 9.01. The normalized spacial score (nSPS) is 20.4. The molecular weight excluding hydrogens is 363 g/mol. The van der Waals surface area contributed by atoms with Crippen molar-refractivity contribution < 1.29 is 9.53 Å². The molecular formula is C17H24Cl2N4O2. The number of nitrogens with one attached hydrogen (secondary N) is 3. The summed E-state index contributed by atoms with van der Waals surface area (Å²) in [5, 5.41) is 10.0. The van der Waals surface area contributed by atoms with Crippen molar-refractivity contribution in [3.05, 3.63) is 33.8 Å². The Morgan fingerprint density at radius 2 is 2.00 bits per heavy atom. The Labute approximate surface area is 158 Å². The molecule has 0 aromatic heterocycles. The number of carbonyl (C=O) groups excluding carboxylic acids is 1. The Balaban J connectivity index is 1.70. The van der Waals surface area contributed by atoms with Gasteiger partial charge in [-0.2, -0.15) is 0 Å². The van der Waals surface area contributed by atoms with Crippen LogP contribution in [-0.2, 0) is 4.74 Å². The Morgan fingerprint density at radius 1 is 1.24 bits per heavy atom. The van der Waals surface area contributed by atoms with Crippen LogP contribution >= 0.6 is 23.2 Å². The van der Waals surface area contributed by atoms with Gasteiger partial charge in [-0.3, -0.25) is 9.79 Å². The van der Waals surface area contributed by atoms with Crippen molar-refractivity contribution in [2.24, 2.45) is 4.99 Å². The largest absolute Gasteiger partial charge is 0.373 e. The monoisotopic (exact) mass is 386 g/mol. The summed E-state index contributed by atoms with van der Waals surface area (Å²) < 4.78 is 5.74. The Hall–Kier alpha value is -1.50. The van der Waals surface area contributed by atoms with Crippen LogP contribution in [0.1, 0.15) is 30.1 Å². The minimum atomic E-state index is -0.199. The van der Waals surface area contributed by atoms with E-state index in [-0.39, 0.29) is 11.5 Å². The Bertz CT molecular complexity index is 631. The van der Waals surface area contributed by atoms with E-state index in [0.717, 1.165) is 19.4 Å². The number of amides is 1. The maximum atomic E-state index is 12.1. The molecule has 1 aromatic rings. The van der Waals surface area contributed by atoms with Crippen molar-refractivity contribution >= 4 is 35.1 Å². The summed E-state index contributed by atoms with van der Waals surface area (Å²) in [5.41, 5.74) is 0.336. The molecule has 138 valence electrons. The van der Waals surface area contributed by atoms with Gasteiger partial charge >= 0.3 is 0 Å². The predicted molar refractivity (Wildman–Crippen MR) is 102 cm³/mol. The number of rotatable bonds is 6. The molecule has 1 aliphatic heterocycles. The van der Waals surface area contributed by atoms with Gasteiger partial charge in [0.2, 0.25) is 0 Å². The Kier molecular flexibility index (Phi) is 7.35. The first-order chi connectivity index (χ1) is 11.9. The van der Waals surface area contributed by atoms with Crippen LogP contribution in [0.4, 0.5) is 0 Å². The molecule has 0 bridgehead atoms. The number of benzene rings is 1. The minimum Gasteiger partial charge on any atom is -0.373 e. The second-order valence-corrected chi connectivity index (χ2v) is 6.95. The van der Waals surface area contributed by atoms with Gasteiger partial charge in [-0.05, 0) is 38.0 Å². The number of halogens is 2. The highest BCUT2D eigenvalue weighted by Gasteiger charge is 2.29. The van der Waals surface area contributed by atoms with E-state index < -0.39 is 0 Å². The van der Waals surface area contributed by atoms with Crippen LogP contribution in [0.2, 0.25) is 10.0 Å². The fourth-order valence-corrected chi connectivity index (χ4v) is 2.86. The van der Waals surface area contributed by atoms with Crippen LogP contribution in [0, 0.1) is 0 Å². The molecule has 0 radical (unpaired) electrons. The van der Waals surface area contributed by atoms with Gasteiger partial charge in [0.25, 0.3) is 5.91 Å². The van der Waals surface area contributed by atoms with Crippen LogP contribution in [0.5, 0.6) is 0 Å². The highest BCUT2D eigenvalue weighted by molar-refractivity contribution is 6.42. The van der Waals surface area contributed by atoms with E-state index in [1.807, 2.05) is 0 Å². The first-order valence-electron chi connectivity index (χ1n) is 8.25. The lowest BCUT2D eigenvalue weighted by atomic mass is 10.0. The number of hydrogen-bond acceptors (Lipinski definition) is 3. The van der Waals surface area contributed by atoms with E-state index in [2.05, 4.69) is 27.9 Å². The molecule has 1 heterocycles. The predicted octanol–water partition coefficient (Wildman–Crippen LogP) is 2.46. The molecule has 1 atom stereocenters. The van der Waals surface area contributed by atoms with Gasteiger partial charge in [-0.25, -0.2) is 0 Å². The second kappa shape index (κ2) is 9.27. The number of hydrogen-bond donors (Lipinski definition) is 3. The van der Waals surface area contributed by atoms with Crippen LogP contribution in [0.3, 0.4) is 0 Å². The average Bonchev–Trinajstić information content (AvgIpc) is 3.03. The third-order valence-electron chi connectivity index (χ3n) is 4.04. The molecule has 1 fully saturated rings. The maximum absolute atomic E-state index is 12.1. The molecule has 8 heteroatoms. The van der Waals surface area contributed by atoms with Gasteiger partial charge in [-0.1, -0.05) is 23.2 Å². The van der Waals surface area contributed by atoms with Crippen LogP contribution in [0.25, 0.3) is 0 Å². The van der Waals surface area contributed by atoms with Crippen molar-refractivity contribution in [3.8, 4) is 0 Å². The molecule has 6 nitrogen and oxygen atoms in total. The van der Waals surface area contributed by atoms with Crippen molar-refractivity contribution in [1.29, 1.82) is 0 Å². The lowest BCUT2D eigenvalue weighted by Crippen LogP contribution is -2.47. The molecule has 1 aromatic carbocycles. The van der Waals surface area contributed by atoms with Gasteiger partial charge in [0.05, 0.1) is 15.6 Å². The highest BCUT2D eigenvalue weighted by atomic mass is 35.5. The summed E-state index contributed by atoms with van der Waals surface area (Å²) in [6.07, 6.45) is 2.13. The smallest absolute Gasteiger partial charge is 0.251 e. The number of guanidine groups is 1. The van der Waals surface area contributed by atoms with Crippen molar-refractivity contribution in [2.75, 3.05) is 33.3 Å². The second-order valence-electron chi connectivity index (χ2n) is 6.14. The zero-order valence-corrected chi connectivity index (χ0v) is 16.0.